The van der Waals surface area contributed by atoms with Gasteiger partial charge in [0.25, 0.3) is 10.2 Å². The molecule has 20 heavy (non-hydrogen) atoms. The van der Waals surface area contributed by atoms with Gasteiger partial charge in [0.15, 0.2) is 0 Å². The molecule has 1 heterocycles. The number of hydrogen-bond acceptors (Lipinski definition) is 3. The summed E-state index contributed by atoms with van der Waals surface area (Å²) in [6.07, 6.45) is 0.553. The molecule has 0 bridgehead atoms. The summed E-state index contributed by atoms with van der Waals surface area (Å²) in [6, 6.07) is 5.96. The van der Waals surface area contributed by atoms with E-state index >= 15 is 0 Å². The molecule has 0 unspecified atom stereocenters. The standard InChI is InChI=1S/C13H20N4O2S/c1-10-6-5-7-11-13(10)15-12(14-11)8-9-17(4)20(18,19)16(2)3/h5-7H,8-9H2,1-4H3,(H,14,15). The van der Waals surface area contributed by atoms with Gasteiger partial charge in [-0.25, -0.2) is 4.98 Å². The molecule has 0 amide bonds. The minimum atomic E-state index is -3.36. The van der Waals surface area contributed by atoms with Crippen LogP contribution in [0.5, 0.6) is 0 Å². The highest BCUT2D eigenvalue weighted by Gasteiger charge is 2.20. The van der Waals surface area contributed by atoms with Crippen molar-refractivity contribution in [2.24, 2.45) is 0 Å². The van der Waals surface area contributed by atoms with Crippen LogP contribution in [0.1, 0.15) is 11.4 Å². The van der Waals surface area contributed by atoms with Crippen LogP contribution < -0.4 is 0 Å². The number of para-hydroxylation sites is 1. The fourth-order valence-corrected chi connectivity index (χ4v) is 2.88. The number of benzene rings is 1. The van der Waals surface area contributed by atoms with Crippen LogP contribution in [0.25, 0.3) is 11.0 Å². The van der Waals surface area contributed by atoms with Crippen LogP contribution in [0.15, 0.2) is 18.2 Å². The van der Waals surface area contributed by atoms with Gasteiger partial charge >= 0.3 is 0 Å². The number of likely N-dealkylation sites (N-methyl/N-ethyl adjacent to an activating group) is 1. The summed E-state index contributed by atoms with van der Waals surface area (Å²) in [7, 11) is 1.26. The lowest BCUT2D eigenvalue weighted by atomic mass is 10.2. The summed E-state index contributed by atoms with van der Waals surface area (Å²) in [5.74, 6) is 0.801. The van der Waals surface area contributed by atoms with Crippen LogP contribution >= 0.6 is 0 Å². The van der Waals surface area contributed by atoms with Gasteiger partial charge < -0.3 is 4.98 Å². The Hall–Kier alpha value is -1.44. The normalized spacial score (nSPS) is 12.7. The first-order valence-corrected chi connectivity index (χ1v) is 7.80. The van der Waals surface area contributed by atoms with Crippen molar-refractivity contribution in [1.82, 2.24) is 18.6 Å². The van der Waals surface area contributed by atoms with E-state index in [9.17, 15) is 8.42 Å². The van der Waals surface area contributed by atoms with Crippen LogP contribution in [0.3, 0.4) is 0 Å². The Bertz CT molecular complexity index is 706. The van der Waals surface area contributed by atoms with Gasteiger partial charge in [0.1, 0.15) is 5.82 Å². The van der Waals surface area contributed by atoms with Gasteiger partial charge in [0, 0.05) is 34.1 Å². The number of nitrogens with zero attached hydrogens (tertiary/aromatic N) is 3. The monoisotopic (exact) mass is 296 g/mol. The molecule has 2 aromatic rings. The summed E-state index contributed by atoms with van der Waals surface area (Å²) in [5.41, 5.74) is 3.04. The number of aromatic nitrogens is 2. The number of nitrogens with one attached hydrogen (secondary N) is 1. The van der Waals surface area contributed by atoms with Gasteiger partial charge in [-0.05, 0) is 18.6 Å². The third-order valence-corrected chi connectivity index (χ3v) is 5.18. The topological polar surface area (TPSA) is 69.3 Å². The Morgan fingerprint density at radius 3 is 2.55 bits per heavy atom. The van der Waals surface area contributed by atoms with Crippen LogP contribution in [0.2, 0.25) is 0 Å². The molecule has 1 aromatic carbocycles. The van der Waals surface area contributed by atoms with Crippen LogP contribution in [0, 0.1) is 6.92 Å². The Labute approximate surface area is 119 Å². The zero-order valence-corrected chi connectivity index (χ0v) is 13.0. The van der Waals surface area contributed by atoms with Crippen molar-refractivity contribution >= 4 is 21.2 Å². The molecular formula is C13H20N4O2S. The SMILES string of the molecule is Cc1cccc2[nH]c(CCN(C)S(=O)(=O)N(C)C)nc12. The fourth-order valence-electron chi connectivity index (χ4n) is 2.00. The highest BCUT2D eigenvalue weighted by molar-refractivity contribution is 7.86. The van der Waals surface area contributed by atoms with Gasteiger partial charge in [0.05, 0.1) is 11.0 Å². The number of H-pyrrole nitrogens is 1. The Morgan fingerprint density at radius 1 is 1.25 bits per heavy atom. The number of fused-ring (bicyclic) bond motifs is 1. The predicted molar refractivity (Wildman–Crippen MR) is 79.8 cm³/mol. The van der Waals surface area contributed by atoms with E-state index in [2.05, 4.69) is 9.97 Å². The van der Waals surface area contributed by atoms with Crippen molar-refractivity contribution in [2.45, 2.75) is 13.3 Å². The Morgan fingerprint density at radius 2 is 1.95 bits per heavy atom. The minimum absolute atomic E-state index is 0.388. The lowest BCUT2D eigenvalue weighted by molar-refractivity contribution is 0.418. The smallest absolute Gasteiger partial charge is 0.281 e. The molecule has 0 fully saturated rings. The first-order valence-electron chi connectivity index (χ1n) is 6.40. The van der Waals surface area contributed by atoms with Crippen molar-refractivity contribution in [3.05, 3.63) is 29.6 Å². The molecule has 0 spiro atoms. The van der Waals surface area contributed by atoms with Crippen molar-refractivity contribution in [3.63, 3.8) is 0 Å². The molecule has 0 saturated heterocycles. The summed E-state index contributed by atoms with van der Waals surface area (Å²) in [4.78, 5) is 7.75. The maximum Gasteiger partial charge on any atom is 0.281 e. The lowest BCUT2D eigenvalue weighted by Gasteiger charge is -2.20. The van der Waals surface area contributed by atoms with E-state index in [0.717, 1.165) is 22.4 Å². The van der Waals surface area contributed by atoms with Crippen LogP contribution in [-0.2, 0) is 16.6 Å². The predicted octanol–water partition coefficient (Wildman–Crippen LogP) is 1.15. The molecule has 0 aliphatic carbocycles. The average Bonchev–Trinajstić information content (AvgIpc) is 2.80. The maximum absolute atomic E-state index is 11.9. The Kier molecular flexibility index (Phi) is 4.12. The van der Waals surface area contributed by atoms with Crippen molar-refractivity contribution in [1.29, 1.82) is 0 Å². The molecular weight excluding hydrogens is 276 g/mol. The zero-order chi connectivity index (χ0) is 14.9. The quantitative estimate of drug-likeness (QED) is 0.900. The molecule has 0 radical (unpaired) electrons. The summed E-state index contributed by atoms with van der Waals surface area (Å²) in [5, 5.41) is 0. The van der Waals surface area contributed by atoms with Crippen LogP contribution in [0.4, 0.5) is 0 Å². The van der Waals surface area contributed by atoms with E-state index in [1.54, 1.807) is 7.05 Å². The number of imidazole rings is 1. The van der Waals surface area contributed by atoms with Crippen molar-refractivity contribution in [3.8, 4) is 0 Å². The second kappa shape index (κ2) is 5.51. The average molecular weight is 296 g/mol. The van der Waals surface area contributed by atoms with Crippen molar-refractivity contribution < 1.29 is 8.42 Å². The molecule has 7 heteroatoms. The van der Waals surface area contributed by atoms with Crippen LogP contribution in [-0.4, -0.2) is 54.7 Å². The molecule has 6 nitrogen and oxygen atoms in total. The first kappa shape index (κ1) is 15.0. The molecule has 0 atom stereocenters. The van der Waals surface area contributed by atoms with E-state index in [1.807, 2.05) is 25.1 Å². The van der Waals surface area contributed by atoms with E-state index in [1.165, 1.54) is 22.7 Å². The lowest BCUT2D eigenvalue weighted by Crippen LogP contribution is -2.38. The van der Waals surface area contributed by atoms with E-state index < -0.39 is 10.2 Å². The number of aromatic amines is 1. The van der Waals surface area contributed by atoms with Crippen molar-refractivity contribution in [2.75, 3.05) is 27.7 Å². The first-order chi connectivity index (χ1) is 9.32. The fraction of sp³-hybridized carbons (Fsp3) is 0.462. The summed E-state index contributed by atoms with van der Waals surface area (Å²) >= 11 is 0. The minimum Gasteiger partial charge on any atom is -0.342 e. The van der Waals surface area contributed by atoms with Gasteiger partial charge in [-0.15, -0.1) is 0 Å². The zero-order valence-electron chi connectivity index (χ0n) is 12.2. The second-order valence-corrected chi connectivity index (χ2v) is 7.27. The van der Waals surface area contributed by atoms with E-state index in [0.29, 0.717) is 13.0 Å². The Balaban J connectivity index is 2.12. The molecule has 1 N–H and O–H groups in total. The van der Waals surface area contributed by atoms with Gasteiger partial charge in [-0.2, -0.15) is 17.0 Å². The molecule has 0 saturated carbocycles. The molecule has 2 rings (SSSR count). The summed E-state index contributed by atoms with van der Waals surface area (Å²) < 4.78 is 26.3. The van der Waals surface area contributed by atoms with Gasteiger partial charge in [0.2, 0.25) is 0 Å². The molecule has 1 aromatic heterocycles. The third-order valence-electron chi connectivity index (χ3n) is 3.28. The highest BCUT2D eigenvalue weighted by Crippen LogP contribution is 2.16. The number of rotatable bonds is 5. The number of aryl methyl sites for hydroxylation is 1. The van der Waals surface area contributed by atoms with Gasteiger partial charge in [-0.1, -0.05) is 12.1 Å². The van der Waals surface area contributed by atoms with Gasteiger partial charge in [-0.3, -0.25) is 0 Å². The third kappa shape index (κ3) is 2.84. The van der Waals surface area contributed by atoms with E-state index in [4.69, 9.17) is 0 Å². The molecule has 0 aliphatic rings. The largest absolute Gasteiger partial charge is 0.342 e. The molecule has 0 aliphatic heterocycles. The number of hydrogen-bond donors (Lipinski definition) is 1. The second-order valence-electron chi connectivity index (χ2n) is 5.02. The summed E-state index contributed by atoms with van der Waals surface area (Å²) in [6.45, 7) is 2.40. The highest BCUT2D eigenvalue weighted by atomic mass is 32.2. The molecule has 110 valence electrons. The maximum atomic E-state index is 11.9. The van der Waals surface area contributed by atoms with E-state index in [-0.39, 0.29) is 0 Å².